The van der Waals surface area contributed by atoms with E-state index in [0.29, 0.717) is 31.0 Å². The molecule has 0 saturated carbocycles. The number of anilines is 2. The summed E-state index contributed by atoms with van der Waals surface area (Å²) in [5.74, 6) is 0.319. The number of nitrogens with two attached hydrogens (primary N) is 1. The average molecular weight is 378 g/mol. The summed E-state index contributed by atoms with van der Waals surface area (Å²) < 4.78 is 44.7. The molecule has 2 heterocycles. The van der Waals surface area contributed by atoms with Gasteiger partial charge >= 0.3 is 6.18 Å². The van der Waals surface area contributed by atoms with E-state index in [1.165, 1.54) is 13.2 Å². The van der Waals surface area contributed by atoms with Crippen molar-refractivity contribution in [1.82, 2.24) is 10.3 Å². The number of nitrogens with one attached hydrogen (secondary N) is 2. The predicted molar refractivity (Wildman–Crippen MR) is 98.8 cm³/mol. The number of hydrogen-bond acceptors (Lipinski definition) is 5. The Bertz CT molecular complexity index is 850. The van der Waals surface area contributed by atoms with Crippen LogP contribution < -0.4 is 21.1 Å². The third-order valence-electron chi connectivity index (χ3n) is 4.28. The third-order valence-corrected chi connectivity index (χ3v) is 4.28. The van der Waals surface area contributed by atoms with E-state index in [2.05, 4.69) is 15.6 Å². The van der Waals surface area contributed by atoms with Gasteiger partial charge < -0.3 is 21.1 Å². The number of aromatic nitrogens is 1. The SMILES string of the molecule is COc1ccc(Nc2nc(CCCN)cc3c2CNC=C3)cc1C(F)(F)F. The number of benzene rings is 1. The first-order valence-electron chi connectivity index (χ1n) is 8.57. The molecule has 1 aliphatic rings. The van der Waals surface area contributed by atoms with Gasteiger partial charge in [0.15, 0.2) is 0 Å². The lowest BCUT2D eigenvalue weighted by molar-refractivity contribution is -0.138. The Hall–Kier alpha value is -2.74. The van der Waals surface area contributed by atoms with E-state index in [1.54, 1.807) is 6.07 Å². The highest BCUT2D eigenvalue weighted by atomic mass is 19.4. The van der Waals surface area contributed by atoms with Crippen molar-refractivity contribution in [1.29, 1.82) is 0 Å². The van der Waals surface area contributed by atoms with Crippen molar-refractivity contribution < 1.29 is 17.9 Å². The van der Waals surface area contributed by atoms with E-state index in [1.807, 2.05) is 18.3 Å². The lowest BCUT2D eigenvalue weighted by atomic mass is 10.0. The number of ether oxygens (including phenoxy) is 1. The van der Waals surface area contributed by atoms with Gasteiger partial charge in [-0.1, -0.05) is 0 Å². The fourth-order valence-corrected chi connectivity index (χ4v) is 2.95. The normalized spacial score (nSPS) is 13.1. The summed E-state index contributed by atoms with van der Waals surface area (Å²) in [6.45, 7) is 1.09. The summed E-state index contributed by atoms with van der Waals surface area (Å²) in [4.78, 5) is 4.60. The van der Waals surface area contributed by atoms with E-state index in [9.17, 15) is 13.2 Å². The second-order valence-corrected chi connectivity index (χ2v) is 6.17. The molecule has 5 nitrogen and oxygen atoms in total. The molecular formula is C19H21F3N4O. The topological polar surface area (TPSA) is 72.2 Å². The molecule has 27 heavy (non-hydrogen) atoms. The van der Waals surface area contributed by atoms with Crippen LogP contribution in [0.5, 0.6) is 5.75 Å². The largest absolute Gasteiger partial charge is 0.496 e. The highest BCUT2D eigenvalue weighted by molar-refractivity contribution is 5.69. The first-order chi connectivity index (χ1) is 12.9. The highest BCUT2D eigenvalue weighted by Gasteiger charge is 2.34. The monoisotopic (exact) mass is 378 g/mol. The summed E-state index contributed by atoms with van der Waals surface area (Å²) in [7, 11) is 1.22. The predicted octanol–water partition coefficient (Wildman–Crippen LogP) is 3.82. The van der Waals surface area contributed by atoms with Crippen molar-refractivity contribution in [2.45, 2.75) is 25.6 Å². The quantitative estimate of drug-likeness (QED) is 0.713. The molecule has 0 atom stereocenters. The van der Waals surface area contributed by atoms with Gasteiger partial charge in [0.05, 0.1) is 12.7 Å². The molecule has 144 valence electrons. The maximum absolute atomic E-state index is 13.3. The van der Waals surface area contributed by atoms with Gasteiger partial charge in [0.1, 0.15) is 11.6 Å². The first kappa shape index (κ1) is 19.0. The summed E-state index contributed by atoms with van der Waals surface area (Å²) in [6.07, 6.45) is 0.744. The Morgan fingerprint density at radius 3 is 2.81 bits per heavy atom. The van der Waals surface area contributed by atoms with Crippen LogP contribution >= 0.6 is 0 Å². The molecule has 0 aliphatic carbocycles. The minimum Gasteiger partial charge on any atom is -0.496 e. The summed E-state index contributed by atoms with van der Waals surface area (Å²) >= 11 is 0. The molecule has 1 aromatic carbocycles. The van der Waals surface area contributed by atoms with Gasteiger partial charge in [-0.2, -0.15) is 13.2 Å². The molecule has 1 aromatic heterocycles. The van der Waals surface area contributed by atoms with Crippen LogP contribution in [-0.2, 0) is 19.1 Å². The molecule has 0 unspecified atom stereocenters. The summed E-state index contributed by atoms with van der Waals surface area (Å²) in [6, 6.07) is 5.86. The number of alkyl halides is 3. The van der Waals surface area contributed by atoms with Crippen LogP contribution in [0.4, 0.5) is 24.7 Å². The molecule has 8 heteroatoms. The molecule has 3 rings (SSSR count). The van der Waals surface area contributed by atoms with E-state index in [4.69, 9.17) is 10.5 Å². The highest BCUT2D eigenvalue weighted by Crippen LogP contribution is 2.38. The standard InChI is InChI=1S/C19H21F3N4O/c1-27-17-5-4-14(10-16(17)19(20,21)22)26-18-15-11-24-8-6-12(15)9-13(25-18)3-2-7-23/h4-6,8-10,24H,2-3,7,11,23H2,1H3,(H,25,26). The number of aryl methyl sites for hydroxylation is 1. The lowest BCUT2D eigenvalue weighted by Gasteiger charge is -2.20. The molecule has 0 amide bonds. The van der Waals surface area contributed by atoms with Crippen molar-refractivity contribution in [3.05, 3.63) is 52.8 Å². The number of pyridine rings is 1. The van der Waals surface area contributed by atoms with Crippen LogP contribution in [0, 0.1) is 0 Å². The number of halogens is 3. The van der Waals surface area contributed by atoms with E-state index < -0.39 is 11.7 Å². The first-order valence-corrected chi connectivity index (χ1v) is 8.57. The van der Waals surface area contributed by atoms with Crippen LogP contribution in [0.3, 0.4) is 0 Å². The molecule has 0 bridgehead atoms. The molecule has 0 spiro atoms. The van der Waals surface area contributed by atoms with Gasteiger partial charge in [-0.25, -0.2) is 4.98 Å². The molecule has 4 N–H and O–H groups in total. The lowest BCUT2D eigenvalue weighted by Crippen LogP contribution is -2.15. The van der Waals surface area contributed by atoms with Gasteiger partial charge in [-0.15, -0.1) is 0 Å². The second-order valence-electron chi connectivity index (χ2n) is 6.17. The zero-order valence-corrected chi connectivity index (χ0v) is 14.9. The minimum atomic E-state index is -4.51. The van der Waals surface area contributed by atoms with Gasteiger partial charge in [0.25, 0.3) is 0 Å². The van der Waals surface area contributed by atoms with Gasteiger partial charge in [0, 0.05) is 23.5 Å². The molecular weight excluding hydrogens is 357 g/mol. The van der Waals surface area contributed by atoms with E-state index >= 15 is 0 Å². The van der Waals surface area contributed by atoms with Crippen molar-refractivity contribution in [3.8, 4) is 5.75 Å². The zero-order valence-electron chi connectivity index (χ0n) is 14.9. The number of fused-ring (bicyclic) bond motifs is 1. The average Bonchev–Trinajstić information content (AvgIpc) is 2.65. The van der Waals surface area contributed by atoms with Gasteiger partial charge in [-0.05, 0) is 61.5 Å². The molecule has 0 radical (unpaired) electrons. The Kier molecular flexibility index (Phi) is 5.55. The fraction of sp³-hybridized carbons (Fsp3) is 0.316. The number of hydrogen-bond donors (Lipinski definition) is 3. The van der Waals surface area contributed by atoms with Crippen LogP contribution in [0.25, 0.3) is 6.08 Å². The molecule has 0 fully saturated rings. The Morgan fingerprint density at radius 1 is 1.30 bits per heavy atom. The number of nitrogens with zero attached hydrogens (tertiary/aromatic N) is 1. The van der Waals surface area contributed by atoms with Crippen LogP contribution in [0.2, 0.25) is 0 Å². The maximum Gasteiger partial charge on any atom is 0.420 e. The van der Waals surface area contributed by atoms with Gasteiger partial charge in [0.2, 0.25) is 0 Å². The van der Waals surface area contributed by atoms with E-state index in [0.717, 1.165) is 29.3 Å². The molecule has 0 saturated heterocycles. The second kappa shape index (κ2) is 7.87. The Labute approximate surface area is 155 Å². The van der Waals surface area contributed by atoms with Crippen molar-refractivity contribution in [2.24, 2.45) is 5.73 Å². The fourth-order valence-electron chi connectivity index (χ4n) is 2.95. The third kappa shape index (κ3) is 4.33. The minimum absolute atomic E-state index is 0.218. The Morgan fingerprint density at radius 2 is 2.11 bits per heavy atom. The van der Waals surface area contributed by atoms with Crippen molar-refractivity contribution >= 4 is 17.6 Å². The number of rotatable bonds is 6. The van der Waals surface area contributed by atoms with Gasteiger partial charge in [-0.3, -0.25) is 0 Å². The van der Waals surface area contributed by atoms with Crippen LogP contribution in [-0.4, -0.2) is 18.6 Å². The summed E-state index contributed by atoms with van der Waals surface area (Å²) in [5.41, 5.74) is 7.77. The molecule has 1 aliphatic heterocycles. The van der Waals surface area contributed by atoms with Crippen LogP contribution in [0.1, 0.15) is 28.8 Å². The number of methoxy groups -OCH3 is 1. The van der Waals surface area contributed by atoms with Crippen LogP contribution in [0.15, 0.2) is 30.5 Å². The van der Waals surface area contributed by atoms with Crippen molar-refractivity contribution in [3.63, 3.8) is 0 Å². The van der Waals surface area contributed by atoms with Crippen molar-refractivity contribution in [2.75, 3.05) is 19.0 Å². The molecule has 2 aromatic rings. The smallest absolute Gasteiger partial charge is 0.420 e. The Balaban J connectivity index is 1.98. The summed E-state index contributed by atoms with van der Waals surface area (Å²) in [5, 5.41) is 6.14. The van der Waals surface area contributed by atoms with E-state index in [-0.39, 0.29) is 5.75 Å². The zero-order chi connectivity index (χ0) is 19.4. The maximum atomic E-state index is 13.3.